The minimum absolute atomic E-state index is 0.0831. The molecule has 20 heavy (non-hydrogen) atoms. The fourth-order valence-corrected chi connectivity index (χ4v) is 1.89. The van der Waals surface area contributed by atoms with E-state index in [-0.39, 0.29) is 5.82 Å². The first-order valence-electron chi connectivity index (χ1n) is 5.90. The van der Waals surface area contributed by atoms with Crippen molar-refractivity contribution in [1.82, 2.24) is 19.9 Å². The Balaban J connectivity index is 2.05. The molecule has 4 N–H and O–H groups in total. The average Bonchev–Trinajstić information content (AvgIpc) is 2.93. The van der Waals surface area contributed by atoms with Gasteiger partial charge in [-0.2, -0.15) is 0 Å². The number of carbonyl (C=O) groups is 1. The van der Waals surface area contributed by atoms with Gasteiger partial charge in [-0.15, -0.1) is 0 Å². The largest absolute Gasteiger partial charge is 0.480 e. The van der Waals surface area contributed by atoms with Gasteiger partial charge in [0.15, 0.2) is 11.9 Å². The molecule has 3 aromatic rings. The van der Waals surface area contributed by atoms with Crippen LogP contribution in [0.2, 0.25) is 0 Å². The number of aliphatic carboxylic acids is 1. The molecule has 0 radical (unpaired) electrons. The highest BCUT2D eigenvalue weighted by atomic mass is 16.4. The number of benzene rings is 1. The van der Waals surface area contributed by atoms with Crippen LogP contribution in [0.5, 0.6) is 0 Å². The molecule has 2 aromatic heterocycles. The van der Waals surface area contributed by atoms with Gasteiger partial charge in [0.2, 0.25) is 0 Å². The van der Waals surface area contributed by atoms with Crippen LogP contribution in [0.1, 0.15) is 11.9 Å². The summed E-state index contributed by atoms with van der Waals surface area (Å²) >= 11 is 0. The summed E-state index contributed by atoms with van der Waals surface area (Å²) in [5.41, 5.74) is 8.70. The number of rotatable bonds is 3. The Morgan fingerprint density at radius 3 is 2.95 bits per heavy atom. The van der Waals surface area contributed by atoms with Crippen molar-refractivity contribution in [2.75, 3.05) is 0 Å². The van der Waals surface area contributed by atoms with E-state index in [9.17, 15) is 4.79 Å². The van der Waals surface area contributed by atoms with Crippen molar-refractivity contribution in [3.63, 3.8) is 0 Å². The zero-order valence-corrected chi connectivity index (χ0v) is 10.3. The summed E-state index contributed by atoms with van der Waals surface area (Å²) in [6.45, 7) is 0. The third-order valence-corrected chi connectivity index (χ3v) is 2.93. The lowest BCUT2D eigenvalue weighted by atomic mass is 10.1. The van der Waals surface area contributed by atoms with Crippen LogP contribution in [0.4, 0.5) is 0 Å². The molecule has 0 aliphatic heterocycles. The number of hydrogen-bond acceptors (Lipinski definition) is 5. The first kappa shape index (κ1) is 12.2. The Bertz CT molecular complexity index is 783. The summed E-state index contributed by atoms with van der Waals surface area (Å²) in [7, 11) is 0. The van der Waals surface area contributed by atoms with Gasteiger partial charge in [0, 0.05) is 11.8 Å². The van der Waals surface area contributed by atoms with Crippen molar-refractivity contribution >= 4 is 17.0 Å². The Hall–Kier alpha value is -2.80. The molecule has 0 saturated heterocycles. The second-order valence-corrected chi connectivity index (χ2v) is 4.25. The highest BCUT2D eigenvalue weighted by Gasteiger charge is 2.17. The van der Waals surface area contributed by atoms with Crippen molar-refractivity contribution < 1.29 is 9.90 Å². The molecular formula is C13H11N5O2. The molecule has 0 fully saturated rings. The number of carboxylic acids is 1. The molecule has 0 spiro atoms. The van der Waals surface area contributed by atoms with Crippen LogP contribution in [-0.4, -0.2) is 31.0 Å². The lowest BCUT2D eigenvalue weighted by Crippen LogP contribution is -2.23. The van der Waals surface area contributed by atoms with E-state index in [0.717, 1.165) is 16.6 Å². The number of aromatic amines is 1. The summed E-state index contributed by atoms with van der Waals surface area (Å²) in [6.07, 6.45) is 3.11. The third kappa shape index (κ3) is 2.10. The van der Waals surface area contributed by atoms with Crippen LogP contribution >= 0.6 is 0 Å². The van der Waals surface area contributed by atoms with Gasteiger partial charge in [-0.25, -0.2) is 15.0 Å². The van der Waals surface area contributed by atoms with Crippen molar-refractivity contribution in [2.24, 2.45) is 5.73 Å². The Morgan fingerprint density at radius 1 is 1.30 bits per heavy atom. The molecule has 7 nitrogen and oxygen atoms in total. The molecule has 1 unspecified atom stereocenters. The summed E-state index contributed by atoms with van der Waals surface area (Å²) in [5.74, 6) is -1.08. The van der Waals surface area contributed by atoms with Gasteiger partial charge in [0.1, 0.15) is 0 Å². The summed E-state index contributed by atoms with van der Waals surface area (Å²) in [6, 6.07) is 6.09. The zero-order chi connectivity index (χ0) is 14.1. The van der Waals surface area contributed by atoms with Gasteiger partial charge < -0.3 is 15.8 Å². The van der Waals surface area contributed by atoms with Gasteiger partial charge in [-0.1, -0.05) is 6.07 Å². The highest BCUT2D eigenvalue weighted by molar-refractivity contribution is 5.80. The molecule has 0 bridgehead atoms. The van der Waals surface area contributed by atoms with Gasteiger partial charge in [0.05, 0.1) is 23.1 Å². The molecule has 2 heterocycles. The van der Waals surface area contributed by atoms with E-state index in [1.54, 1.807) is 12.4 Å². The number of hydrogen-bond donors (Lipinski definition) is 3. The summed E-state index contributed by atoms with van der Waals surface area (Å²) in [5, 5.41) is 8.89. The predicted molar refractivity (Wildman–Crippen MR) is 71.7 cm³/mol. The van der Waals surface area contributed by atoms with Crippen molar-refractivity contribution in [3.8, 4) is 11.3 Å². The molecule has 0 aliphatic carbocycles. The number of carboxylic acid groups (broad SMARTS) is 1. The van der Waals surface area contributed by atoms with Gasteiger partial charge in [-0.3, -0.25) is 4.79 Å². The topological polar surface area (TPSA) is 118 Å². The minimum atomic E-state index is -1.23. The first-order valence-corrected chi connectivity index (χ1v) is 5.90. The van der Waals surface area contributed by atoms with E-state index in [0.29, 0.717) is 5.69 Å². The summed E-state index contributed by atoms with van der Waals surface area (Å²) in [4.78, 5) is 26.1. The Labute approximate surface area is 113 Å². The predicted octanol–water partition coefficient (Wildman–Crippen LogP) is 1.10. The quantitative estimate of drug-likeness (QED) is 0.655. The molecule has 3 rings (SSSR count). The van der Waals surface area contributed by atoms with E-state index in [1.165, 1.54) is 6.20 Å². The maximum absolute atomic E-state index is 10.9. The molecule has 100 valence electrons. The number of imidazole rings is 1. The fraction of sp³-hybridized carbons (Fsp3) is 0.0769. The second kappa shape index (κ2) is 4.71. The summed E-state index contributed by atoms with van der Waals surface area (Å²) < 4.78 is 0. The fourth-order valence-electron chi connectivity index (χ4n) is 1.89. The van der Waals surface area contributed by atoms with Crippen LogP contribution in [0, 0.1) is 0 Å². The molecule has 0 amide bonds. The number of nitrogens with zero attached hydrogens (tertiary/aromatic N) is 3. The van der Waals surface area contributed by atoms with Crippen LogP contribution < -0.4 is 5.73 Å². The highest BCUT2D eigenvalue weighted by Crippen LogP contribution is 2.21. The van der Waals surface area contributed by atoms with Gasteiger partial charge in [0.25, 0.3) is 0 Å². The molecule has 1 aromatic carbocycles. The lowest BCUT2D eigenvalue weighted by Gasteiger charge is -2.07. The van der Waals surface area contributed by atoms with Crippen molar-refractivity contribution in [1.29, 1.82) is 0 Å². The van der Waals surface area contributed by atoms with Crippen LogP contribution in [0.3, 0.4) is 0 Å². The van der Waals surface area contributed by atoms with E-state index in [1.807, 2.05) is 18.2 Å². The number of nitrogens with one attached hydrogen (secondary N) is 1. The third-order valence-electron chi connectivity index (χ3n) is 2.93. The van der Waals surface area contributed by atoms with Crippen LogP contribution in [0.25, 0.3) is 22.3 Å². The number of nitrogens with two attached hydrogens (primary N) is 1. The van der Waals surface area contributed by atoms with Gasteiger partial charge >= 0.3 is 5.97 Å². The number of fused-ring (bicyclic) bond motifs is 1. The zero-order valence-electron chi connectivity index (χ0n) is 10.3. The maximum atomic E-state index is 10.9. The molecular weight excluding hydrogens is 258 g/mol. The van der Waals surface area contributed by atoms with Crippen LogP contribution in [-0.2, 0) is 4.79 Å². The van der Waals surface area contributed by atoms with E-state index < -0.39 is 12.0 Å². The number of H-pyrrole nitrogens is 1. The minimum Gasteiger partial charge on any atom is -0.480 e. The van der Waals surface area contributed by atoms with Crippen molar-refractivity contribution in [3.05, 3.63) is 42.6 Å². The normalized spacial score (nSPS) is 12.4. The van der Waals surface area contributed by atoms with E-state index in [4.69, 9.17) is 10.8 Å². The lowest BCUT2D eigenvalue weighted by molar-refractivity contribution is -0.138. The molecule has 1 atom stereocenters. The average molecular weight is 269 g/mol. The Morgan fingerprint density at radius 2 is 2.15 bits per heavy atom. The van der Waals surface area contributed by atoms with Crippen molar-refractivity contribution in [2.45, 2.75) is 6.04 Å². The standard InChI is InChI=1S/C13H11N5O2/c14-11(13(19)20)12-15-4-3-8(18-12)7-1-2-9-10(5-7)17-6-16-9/h1-6,11H,14H2,(H,16,17)(H,19,20). The molecule has 0 saturated carbocycles. The second-order valence-electron chi connectivity index (χ2n) is 4.25. The molecule has 0 aliphatic rings. The molecule has 7 heteroatoms. The van der Waals surface area contributed by atoms with E-state index in [2.05, 4.69) is 19.9 Å². The first-order chi connectivity index (χ1) is 9.65. The maximum Gasteiger partial charge on any atom is 0.328 e. The smallest absolute Gasteiger partial charge is 0.328 e. The number of aromatic nitrogens is 4. The Kier molecular flexibility index (Phi) is 2.88. The SMILES string of the molecule is NC(C(=O)O)c1nccc(-c2ccc3nc[nH]c3c2)n1. The van der Waals surface area contributed by atoms with Crippen LogP contribution in [0.15, 0.2) is 36.8 Å². The van der Waals surface area contributed by atoms with Gasteiger partial charge in [-0.05, 0) is 18.2 Å². The van der Waals surface area contributed by atoms with E-state index >= 15 is 0 Å². The monoisotopic (exact) mass is 269 g/mol.